The molecule has 0 saturated carbocycles. The molecule has 0 unspecified atom stereocenters. The number of carbonyl (C=O) groups excluding carboxylic acids is 1. The largest absolute Gasteiger partial charge is 0.383 e. The first-order valence-corrected chi connectivity index (χ1v) is 3.55. The molecule has 1 aliphatic heterocycles. The molecule has 0 spiro atoms. The third kappa shape index (κ3) is 1.08. The maximum atomic E-state index is 10.2. The van der Waals surface area contributed by atoms with E-state index in [1.54, 1.807) is 0 Å². The Kier molecular flexibility index (Phi) is 1.59. The molecule has 0 fully saturated rings. The number of hydrogen-bond acceptors (Lipinski definition) is 4. The van der Waals surface area contributed by atoms with E-state index in [4.69, 9.17) is 5.73 Å². The monoisotopic (exact) mass is 176 g/mol. The summed E-state index contributed by atoms with van der Waals surface area (Å²) >= 11 is 0. The molecule has 0 saturated heterocycles. The van der Waals surface area contributed by atoms with Gasteiger partial charge in [-0.1, -0.05) is 0 Å². The van der Waals surface area contributed by atoms with E-state index < -0.39 is 0 Å². The van der Waals surface area contributed by atoms with Crippen LogP contribution in [-0.2, 0) is 4.79 Å². The van der Waals surface area contributed by atoms with Crippen LogP contribution in [-0.4, -0.2) is 16.4 Å². The molecule has 2 rings (SSSR count). The van der Waals surface area contributed by atoms with E-state index in [0.29, 0.717) is 29.3 Å². The minimum absolute atomic E-state index is 0.312. The molecule has 1 aliphatic rings. The Morgan fingerprint density at radius 2 is 2.31 bits per heavy atom. The number of nitrogens with one attached hydrogen (secondary N) is 1. The fourth-order valence-corrected chi connectivity index (χ4v) is 1.11. The first-order valence-electron chi connectivity index (χ1n) is 3.55. The smallest absolute Gasteiger partial charge is 0.211 e. The Labute approximate surface area is 73.9 Å². The molecule has 1 aromatic heterocycles. The Morgan fingerprint density at radius 1 is 1.46 bits per heavy atom. The van der Waals surface area contributed by atoms with Gasteiger partial charge in [0.2, 0.25) is 6.41 Å². The lowest BCUT2D eigenvalue weighted by Gasteiger charge is -2.02. The Morgan fingerprint density at radius 3 is 3.08 bits per heavy atom. The van der Waals surface area contributed by atoms with Crippen LogP contribution in [0.2, 0.25) is 0 Å². The van der Waals surface area contributed by atoms with E-state index >= 15 is 0 Å². The summed E-state index contributed by atoms with van der Waals surface area (Å²) in [4.78, 5) is 17.9. The van der Waals surface area contributed by atoms with Crippen molar-refractivity contribution in [3.63, 3.8) is 0 Å². The highest BCUT2D eigenvalue weighted by molar-refractivity contribution is 5.86. The number of carbonyl (C=O) groups is 1. The zero-order valence-electron chi connectivity index (χ0n) is 6.56. The van der Waals surface area contributed by atoms with E-state index in [1.165, 1.54) is 12.5 Å². The van der Waals surface area contributed by atoms with Crippen LogP contribution in [0.4, 0.5) is 11.6 Å². The number of aromatic nitrogens is 2. The fourth-order valence-electron chi connectivity index (χ4n) is 1.11. The number of rotatable bonds is 2. The van der Waals surface area contributed by atoms with Gasteiger partial charge in [0.05, 0.1) is 17.5 Å². The SMILES string of the molecule is Nc1ncnc2c1C(NC=O)=C[N]2. The van der Waals surface area contributed by atoms with Crippen LogP contribution in [0.1, 0.15) is 5.56 Å². The fraction of sp³-hybridized carbons (Fsp3) is 0. The lowest BCUT2D eigenvalue weighted by molar-refractivity contribution is -0.108. The Balaban J connectivity index is 2.47. The van der Waals surface area contributed by atoms with Crippen molar-refractivity contribution in [2.75, 3.05) is 5.73 Å². The van der Waals surface area contributed by atoms with E-state index in [1.807, 2.05) is 0 Å². The molecule has 0 aromatic carbocycles. The standard InChI is InChI=1S/C7H6N5O/c8-6-5-4(12-3-13)1-9-7(5)11-2-10-6/h1-3H,(H,12,13)(H2,8,10,11). The molecule has 6 nitrogen and oxygen atoms in total. The second-order valence-corrected chi connectivity index (χ2v) is 2.39. The second-order valence-electron chi connectivity index (χ2n) is 2.39. The van der Waals surface area contributed by atoms with Gasteiger partial charge in [-0.05, 0) is 0 Å². The number of fused-ring (bicyclic) bond motifs is 1. The molecular weight excluding hydrogens is 170 g/mol. The summed E-state index contributed by atoms with van der Waals surface area (Å²) < 4.78 is 0. The summed E-state index contributed by atoms with van der Waals surface area (Å²) in [6.07, 6.45) is 3.38. The van der Waals surface area contributed by atoms with Gasteiger partial charge in [-0.3, -0.25) is 4.79 Å². The van der Waals surface area contributed by atoms with Crippen molar-refractivity contribution in [1.82, 2.24) is 20.6 Å². The Bertz CT molecular complexity index is 386. The number of nitrogens with two attached hydrogens (primary N) is 1. The van der Waals surface area contributed by atoms with Crippen LogP contribution < -0.4 is 16.4 Å². The van der Waals surface area contributed by atoms with Crippen molar-refractivity contribution in [3.05, 3.63) is 18.1 Å². The van der Waals surface area contributed by atoms with Crippen LogP contribution in [0.15, 0.2) is 12.5 Å². The lowest BCUT2D eigenvalue weighted by atomic mass is 10.2. The van der Waals surface area contributed by atoms with Gasteiger partial charge >= 0.3 is 0 Å². The number of nitrogen functional groups attached to an aromatic ring is 1. The van der Waals surface area contributed by atoms with Crippen LogP contribution >= 0.6 is 0 Å². The minimum atomic E-state index is 0.312. The van der Waals surface area contributed by atoms with Gasteiger partial charge in [0, 0.05) is 0 Å². The maximum absolute atomic E-state index is 10.2. The molecule has 0 aliphatic carbocycles. The molecule has 0 atom stereocenters. The van der Waals surface area contributed by atoms with Crippen LogP contribution in [0.25, 0.3) is 5.70 Å². The highest BCUT2D eigenvalue weighted by atomic mass is 16.1. The maximum Gasteiger partial charge on any atom is 0.211 e. The van der Waals surface area contributed by atoms with Crippen LogP contribution in [0.3, 0.4) is 0 Å². The van der Waals surface area contributed by atoms with Crippen molar-refractivity contribution in [1.29, 1.82) is 0 Å². The zero-order chi connectivity index (χ0) is 9.26. The topological polar surface area (TPSA) is 95.0 Å². The molecule has 2 heterocycles. The molecule has 6 heteroatoms. The van der Waals surface area contributed by atoms with Gasteiger partial charge in [-0.15, -0.1) is 0 Å². The minimum Gasteiger partial charge on any atom is -0.383 e. The predicted octanol–water partition coefficient (Wildman–Crippen LogP) is -0.647. The predicted molar refractivity (Wildman–Crippen MR) is 45.4 cm³/mol. The molecule has 3 N–H and O–H groups in total. The average Bonchev–Trinajstić information content (AvgIpc) is 2.51. The highest BCUT2D eigenvalue weighted by Gasteiger charge is 2.19. The third-order valence-electron chi connectivity index (χ3n) is 1.66. The Hall–Kier alpha value is -2.11. The summed E-state index contributed by atoms with van der Waals surface area (Å²) in [5.41, 5.74) is 6.69. The number of amides is 1. The summed E-state index contributed by atoms with van der Waals surface area (Å²) in [5, 5.41) is 6.41. The summed E-state index contributed by atoms with van der Waals surface area (Å²) in [6.45, 7) is 0. The van der Waals surface area contributed by atoms with Crippen LogP contribution in [0, 0.1) is 0 Å². The van der Waals surface area contributed by atoms with Crippen molar-refractivity contribution < 1.29 is 4.79 Å². The molecular formula is C7H6N5O. The molecule has 0 bridgehead atoms. The van der Waals surface area contributed by atoms with Gasteiger partial charge in [0.15, 0.2) is 5.82 Å². The quantitative estimate of drug-likeness (QED) is 0.585. The second kappa shape index (κ2) is 2.74. The zero-order valence-corrected chi connectivity index (χ0v) is 6.56. The number of nitrogens with zero attached hydrogens (tertiary/aromatic N) is 3. The molecule has 1 amide bonds. The first kappa shape index (κ1) is 7.53. The average molecular weight is 176 g/mol. The van der Waals surface area contributed by atoms with E-state index in [9.17, 15) is 4.79 Å². The van der Waals surface area contributed by atoms with Gasteiger partial charge in [-0.25, -0.2) is 15.3 Å². The number of hydrogen-bond donors (Lipinski definition) is 2. The van der Waals surface area contributed by atoms with E-state index in [-0.39, 0.29) is 0 Å². The van der Waals surface area contributed by atoms with Gasteiger partial charge in [0.25, 0.3) is 0 Å². The van der Waals surface area contributed by atoms with Crippen molar-refractivity contribution in [2.24, 2.45) is 0 Å². The molecule has 1 radical (unpaired) electrons. The summed E-state index contributed by atoms with van der Waals surface area (Å²) in [5.74, 6) is 0.795. The van der Waals surface area contributed by atoms with Crippen molar-refractivity contribution >= 4 is 23.7 Å². The summed E-state index contributed by atoms with van der Waals surface area (Å²) in [6, 6.07) is 0. The van der Waals surface area contributed by atoms with Gasteiger partial charge in [-0.2, -0.15) is 0 Å². The normalized spacial score (nSPS) is 12.8. The van der Waals surface area contributed by atoms with Gasteiger partial charge in [0.1, 0.15) is 12.1 Å². The van der Waals surface area contributed by atoms with E-state index in [2.05, 4.69) is 20.6 Å². The van der Waals surface area contributed by atoms with E-state index in [0.717, 1.165) is 0 Å². The van der Waals surface area contributed by atoms with Crippen molar-refractivity contribution in [2.45, 2.75) is 0 Å². The first-order chi connectivity index (χ1) is 6.33. The third-order valence-corrected chi connectivity index (χ3v) is 1.66. The molecule has 65 valence electrons. The van der Waals surface area contributed by atoms with Crippen LogP contribution in [0.5, 0.6) is 0 Å². The van der Waals surface area contributed by atoms with Crippen molar-refractivity contribution in [3.8, 4) is 0 Å². The summed E-state index contributed by atoms with van der Waals surface area (Å²) in [7, 11) is 0. The number of anilines is 1. The molecule has 1 aromatic rings. The lowest BCUT2D eigenvalue weighted by Crippen LogP contribution is -2.09. The molecule has 13 heavy (non-hydrogen) atoms. The highest BCUT2D eigenvalue weighted by Crippen LogP contribution is 2.29. The van der Waals surface area contributed by atoms with Gasteiger partial charge < -0.3 is 11.1 Å².